The molecule has 31 heavy (non-hydrogen) atoms. The lowest BCUT2D eigenvalue weighted by molar-refractivity contribution is 0.101. The smallest absolute Gasteiger partial charge is 0.235 e. The number of Topliss-reactive ketones (excluding diaryl/α,β-unsaturated/α-hetero) is 1. The zero-order chi connectivity index (χ0) is 22.5. The molecule has 0 saturated carbocycles. The second-order valence-corrected chi connectivity index (χ2v) is 7.77. The molecule has 2 aromatic carbocycles. The molecule has 4 rings (SSSR count). The largest absolute Gasteiger partial charge is 0.496 e. The standard InChI is InChI=1S/C24H27NO4.C2H6/c1-15-7-5-6-8-17(15)13-20-23(26)22-19(28-4)14-18(27-3)21(24(22)29-20)16-9-11-25(2)12-10-16;1-2/h5-8,13-14,16H,9-12H2,1-4H3;1-2H3/b20-13-;. The van der Waals surface area contributed by atoms with Crippen molar-refractivity contribution in [3.8, 4) is 17.2 Å². The molecule has 0 radical (unpaired) electrons. The summed E-state index contributed by atoms with van der Waals surface area (Å²) >= 11 is 0. The molecular weight excluding hydrogens is 390 g/mol. The van der Waals surface area contributed by atoms with Gasteiger partial charge in [-0.2, -0.15) is 0 Å². The van der Waals surface area contributed by atoms with Crippen LogP contribution in [-0.2, 0) is 0 Å². The van der Waals surface area contributed by atoms with Crippen LogP contribution in [0.5, 0.6) is 17.2 Å². The monoisotopic (exact) mass is 423 g/mol. The Labute approximate surface area is 185 Å². The van der Waals surface area contributed by atoms with Gasteiger partial charge in [-0.1, -0.05) is 38.1 Å². The summed E-state index contributed by atoms with van der Waals surface area (Å²) in [5.74, 6) is 2.28. The third-order valence-electron chi connectivity index (χ3n) is 5.95. The summed E-state index contributed by atoms with van der Waals surface area (Å²) in [5, 5.41) is 0. The Kier molecular flexibility index (Phi) is 7.39. The minimum Gasteiger partial charge on any atom is -0.496 e. The first-order chi connectivity index (χ1) is 15.0. The number of fused-ring (bicyclic) bond motifs is 1. The van der Waals surface area contributed by atoms with Gasteiger partial charge in [0.2, 0.25) is 5.78 Å². The molecule has 0 aromatic heterocycles. The fraction of sp³-hybridized carbons (Fsp3) is 0.423. The van der Waals surface area contributed by atoms with Crippen LogP contribution in [0.15, 0.2) is 36.1 Å². The van der Waals surface area contributed by atoms with E-state index in [1.807, 2.05) is 57.2 Å². The number of carbonyl (C=O) groups excluding carboxylic acids is 1. The normalized spacial score (nSPS) is 17.6. The van der Waals surface area contributed by atoms with E-state index in [0.29, 0.717) is 22.8 Å². The minimum absolute atomic E-state index is 0.142. The number of ether oxygens (including phenoxy) is 3. The highest BCUT2D eigenvalue weighted by Gasteiger charge is 2.38. The third kappa shape index (κ3) is 4.47. The zero-order valence-corrected chi connectivity index (χ0v) is 19.5. The summed E-state index contributed by atoms with van der Waals surface area (Å²) in [7, 11) is 5.36. The van der Waals surface area contributed by atoms with Crippen LogP contribution in [0, 0.1) is 6.92 Å². The minimum atomic E-state index is -0.142. The lowest BCUT2D eigenvalue weighted by Gasteiger charge is -2.30. The third-order valence-corrected chi connectivity index (χ3v) is 5.95. The van der Waals surface area contributed by atoms with Gasteiger partial charge in [-0.3, -0.25) is 4.79 Å². The average Bonchev–Trinajstić information content (AvgIpc) is 3.12. The molecule has 2 aliphatic heterocycles. The number of hydrogen-bond acceptors (Lipinski definition) is 5. The first-order valence-corrected chi connectivity index (χ1v) is 11.0. The van der Waals surface area contributed by atoms with Crippen LogP contribution in [0.3, 0.4) is 0 Å². The number of piperidine rings is 1. The number of hydrogen-bond donors (Lipinski definition) is 0. The van der Waals surface area contributed by atoms with Gasteiger partial charge in [0, 0.05) is 11.6 Å². The molecule has 2 heterocycles. The number of nitrogens with zero attached hydrogens (tertiary/aromatic N) is 1. The highest BCUT2D eigenvalue weighted by molar-refractivity contribution is 6.16. The lowest BCUT2D eigenvalue weighted by Crippen LogP contribution is -2.29. The van der Waals surface area contributed by atoms with Crippen molar-refractivity contribution in [3.05, 3.63) is 58.3 Å². The molecule has 0 unspecified atom stereocenters. The molecule has 0 atom stereocenters. The molecule has 0 amide bonds. The highest BCUT2D eigenvalue weighted by atomic mass is 16.5. The summed E-state index contributed by atoms with van der Waals surface area (Å²) in [6.07, 6.45) is 3.82. The van der Waals surface area contributed by atoms with Crippen LogP contribution in [0.25, 0.3) is 6.08 Å². The summed E-state index contributed by atoms with van der Waals surface area (Å²) in [5.41, 5.74) is 3.54. The van der Waals surface area contributed by atoms with Crippen molar-refractivity contribution in [1.29, 1.82) is 0 Å². The van der Waals surface area contributed by atoms with Gasteiger partial charge in [-0.25, -0.2) is 0 Å². The Morgan fingerprint density at radius 3 is 2.32 bits per heavy atom. The van der Waals surface area contributed by atoms with Crippen LogP contribution in [-0.4, -0.2) is 45.0 Å². The molecule has 1 fully saturated rings. The number of carbonyl (C=O) groups is 1. The molecule has 5 heteroatoms. The van der Waals surface area contributed by atoms with Gasteiger partial charge in [0.05, 0.1) is 14.2 Å². The molecule has 0 bridgehead atoms. The van der Waals surface area contributed by atoms with Crippen molar-refractivity contribution in [2.24, 2.45) is 0 Å². The van der Waals surface area contributed by atoms with Crippen LogP contribution in [0.4, 0.5) is 0 Å². The van der Waals surface area contributed by atoms with Gasteiger partial charge in [0.1, 0.15) is 22.8 Å². The number of benzene rings is 2. The predicted molar refractivity (Wildman–Crippen MR) is 124 cm³/mol. The number of allylic oxidation sites excluding steroid dienone is 1. The second-order valence-electron chi connectivity index (χ2n) is 7.77. The first kappa shape index (κ1) is 22.9. The van der Waals surface area contributed by atoms with E-state index in [1.54, 1.807) is 14.2 Å². The number of aryl methyl sites for hydroxylation is 1. The van der Waals surface area contributed by atoms with E-state index in [1.165, 1.54) is 0 Å². The molecule has 2 aliphatic rings. The SMILES string of the molecule is CC.COc1cc(OC)c(C2CCN(C)CC2)c2c1C(=O)/C(=C/c1ccccc1C)O2. The van der Waals surface area contributed by atoms with E-state index in [4.69, 9.17) is 14.2 Å². The maximum absolute atomic E-state index is 13.3. The van der Waals surface area contributed by atoms with Crippen LogP contribution in [0.2, 0.25) is 0 Å². The summed E-state index contributed by atoms with van der Waals surface area (Å²) in [4.78, 5) is 15.6. The van der Waals surface area contributed by atoms with Crippen molar-refractivity contribution < 1.29 is 19.0 Å². The molecule has 2 aromatic rings. The number of ketones is 1. The van der Waals surface area contributed by atoms with Gasteiger partial charge in [0.15, 0.2) is 5.76 Å². The number of likely N-dealkylation sites (tertiary alicyclic amines) is 1. The molecule has 0 spiro atoms. The Bertz CT molecular complexity index is 972. The quantitative estimate of drug-likeness (QED) is 0.611. The molecule has 1 saturated heterocycles. The van der Waals surface area contributed by atoms with Gasteiger partial charge in [0.25, 0.3) is 0 Å². The van der Waals surface area contributed by atoms with Gasteiger partial charge >= 0.3 is 0 Å². The Balaban J connectivity index is 0.00000132. The Morgan fingerprint density at radius 1 is 1.06 bits per heavy atom. The van der Waals surface area contributed by atoms with Crippen molar-refractivity contribution >= 4 is 11.9 Å². The van der Waals surface area contributed by atoms with Crippen LogP contribution >= 0.6 is 0 Å². The van der Waals surface area contributed by atoms with Gasteiger partial charge < -0.3 is 19.1 Å². The van der Waals surface area contributed by atoms with Gasteiger partial charge in [-0.05, 0) is 63.0 Å². The van der Waals surface area contributed by atoms with Gasteiger partial charge in [-0.15, -0.1) is 0 Å². The summed E-state index contributed by atoms with van der Waals surface area (Å²) in [6, 6.07) is 9.77. The lowest BCUT2D eigenvalue weighted by atomic mass is 9.86. The Morgan fingerprint density at radius 2 is 1.71 bits per heavy atom. The van der Waals surface area contributed by atoms with E-state index >= 15 is 0 Å². The van der Waals surface area contributed by atoms with E-state index in [0.717, 1.165) is 48.4 Å². The zero-order valence-electron chi connectivity index (χ0n) is 19.5. The Hall–Kier alpha value is -2.79. The molecule has 0 N–H and O–H groups in total. The summed E-state index contributed by atoms with van der Waals surface area (Å²) in [6.45, 7) is 8.04. The van der Waals surface area contributed by atoms with E-state index < -0.39 is 0 Å². The van der Waals surface area contributed by atoms with E-state index in [9.17, 15) is 4.79 Å². The average molecular weight is 424 g/mol. The number of methoxy groups -OCH3 is 2. The van der Waals surface area contributed by atoms with Crippen molar-refractivity contribution in [2.45, 2.75) is 39.5 Å². The topological polar surface area (TPSA) is 48.0 Å². The van der Waals surface area contributed by atoms with Crippen molar-refractivity contribution in [1.82, 2.24) is 4.90 Å². The predicted octanol–water partition coefficient (Wildman–Crippen LogP) is 5.46. The first-order valence-electron chi connectivity index (χ1n) is 11.0. The van der Waals surface area contributed by atoms with E-state index in [2.05, 4.69) is 11.9 Å². The fourth-order valence-corrected chi connectivity index (χ4v) is 4.23. The maximum atomic E-state index is 13.3. The van der Waals surface area contributed by atoms with Crippen LogP contribution in [0.1, 0.15) is 59.7 Å². The van der Waals surface area contributed by atoms with Crippen LogP contribution < -0.4 is 14.2 Å². The summed E-state index contributed by atoms with van der Waals surface area (Å²) < 4.78 is 17.4. The molecular formula is C26H33NO4. The molecule has 5 nitrogen and oxygen atoms in total. The fourth-order valence-electron chi connectivity index (χ4n) is 4.23. The maximum Gasteiger partial charge on any atom is 0.235 e. The molecule has 166 valence electrons. The second kappa shape index (κ2) is 10.0. The van der Waals surface area contributed by atoms with E-state index in [-0.39, 0.29) is 11.7 Å². The molecule has 0 aliphatic carbocycles. The van der Waals surface area contributed by atoms with Crippen molar-refractivity contribution in [2.75, 3.05) is 34.4 Å². The highest BCUT2D eigenvalue weighted by Crippen LogP contribution is 2.50. The van der Waals surface area contributed by atoms with Crippen molar-refractivity contribution in [3.63, 3.8) is 0 Å². The number of rotatable bonds is 4.